The zero-order valence-corrected chi connectivity index (χ0v) is 23.6. The fourth-order valence-electron chi connectivity index (χ4n) is 8.85. The highest BCUT2D eigenvalue weighted by atomic mass is 19.4. The molecule has 2 saturated carbocycles. The molecule has 4 fully saturated rings. The number of aromatic hydroxyl groups is 1. The first-order valence-corrected chi connectivity index (χ1v) is 14.9. The van der Waals surface area contributed by atoms with Crippen molar-refractivity contribution in [3.8, 4) is 5.75 Å². The number of halogens is 3. The summed E-state index contributed by atoms with van der Waals surface area (Å²) in [5.74, 6) is -8.39. The molecule has 3 aliphatic carbocycles. The maximum Gasteiger partial charge on any atom is 0.417 e. The maximum atomic E-state index is 14.7. The Balaban J connectivity index is 1.50. The van der Waals surface area contributed by atoms with Crippen LogP contribution in [0.5, 0.6) is 5.75 Å². The third-order valence-corrected chi connectivity index (χ3v) is 10.5. The van der Waals surface area contributed by atoms with Gasteiger partial charge in [-0.3, -0.25) is 24.1 Å². The molecule has 42 heavy (non-hydrogen) atoms. The Labute approximate surface area is 241 Å². The number of nitrogens with one attached hydrogen (secondary N) is 1. The minimum atomic E-state index is -4.80. The number of hydrogen-bond donors (Lipinski definition) is 3. The van der Waals surface area contributed by atoms with Gasteiger partial charge in [0.2, 0.25) is 5.91 Å². The van der Waals surface area contributed by atoms with E-state index in [0.29, 0.717) is 38.9 Å². The number of primary amides is 1. The summed E-state index contributed by atoms with van der Waals surface area (Å²) in [7, 11) is 0. The van der Waals surface area contributed by atoms with Crippen molar-refractivity contribution in [3.05, 3.63) is 28.3 Å². The summed E-state index contributed by atoms with van der Waals surface area (Å²) in [4.78, 5) is 56.8. The molecule has 1 aromatic carbocycles. The Morgan fingerprint density at radius 1 is 1.24 bits per heavy atom. The van der Waals surface area contributed by atoms with E-state index in [1.54, 1.807) is 0 Å². The highest BCUT2D eigenvalue weighted by Gasteiger charge is 2.74. The predicted molar refractivity (Wildman–Crippen MR) is 142 cm³/mol. The van der Waals surface area contributed by atoms with Crippen LogP contribution in [0.2, 0.25) is 0 Å². The Hall–Kier alpha value is -2.83. The van der Waals surface area contributed by atoms with Crippen LogP contribution in [0.1, 0.15) is 72.6 Å². The highest BCUT2D eigenvalue weighted by Crippen LogP contribution is 2.60. The average Bonchev–Trinajstić information content (AvgIpc) is 3.43. The highest BCUT2D eigenvalue weighted by molar-refractivity contribution is 6.18. The topological polar surface area (TPSA) is 139 Å². The lowest BCUT2D eigenvalue weighted by atomic mass is 9.47. The molecule has 9 nitrogen and oxygen atoms in total. The fourth-order valence-corrected chi connectivity index (χ4v) is 8.85. The first-order valence-electron chi connectivity index (χ1n) is 14.9. The van der Waals surface area contributed by atoms with Crippen LogP contribution in [-0.2, 0) is 31.7 Å². The van der Waals surface area contributed by atoms with E-state index in [1.165, 1.54) is 0 Å². The number of likely N-dealkylation sites (N-methyl/N-ethyl adjacent to an activating group) is 1. The van der Waals surface area contributed by atoms with Gasteiger partial charge < -0.3 is 20.9 Å². The van der Waals surface area contributed by atoms with Crippen molar-refractivity contribution in [2.75, 3.05) is 26.2 Å². The second-order valence-electron chi connectivity index (χ2n) is 12.4. The number of Topliss-reactive ketones (excluding diaryl/α,β-unsaturated/α-hetero) is 3. The van der Waals surface area contributed by atoms with E-state index < -0.39 is 93.6 Å². The number of nitrogens with zero attached hydrogens (tertiary/aromatic N) is 1. The van der Waals surface area contributed by atoms with E-state index in [2.05, 4.69) is 5.32 Å². The largest absolute Gasteiger partial charge is 0.507 e. The number of nitrogens with two attached hydrogens (primary N) is 1. The number of hydrogen-bond acceptors (Lipinski definition) is 8. The summed E-state index contributed by atoms with van der Waals surface area (Å²) in [6.07, 6.45) is -3.15. The number of rotatable bonds is 6. The van der Waals surface area contributed by atoms with Gasteiger partial charge in [0.15, 0.2) is 17.3 Å². The maximum absolute atomic E-state index is 14.7. The Kier molecular flexibility index (Phi) is 7.05. The van der Waals surface area contributed by atoms with Gasteiger partial charge in [0, 0.05) is 17.9 Å². The Morgan fingerprint density at radius 3 is 2.52 bits per heavy atom. The quantitative estimate of drug-likeness (QED) is 0.429. The van der Waals surface area contributed by atoms with Gasteiger partial charge in [0.05, 0.1) is 29.7 Å². The number of fused-ring (bicyclic) bond motifs is 2. The molecule has 1 aromatic rings. The van der Waals surface area contributed by atoms with E-state index in [0.717, 1.165) is 6.07 Å². The third-order valence-electron chi connectivity index (χ3n) is 10.5. The average molecular weight is 592 g/mol. The standard InChI is InChI=1S/C30H36F3N3O6/c1-3-8-36(4-2)24-16-10-13-9-15-21(19(37)11-14(18-6-5-7-35-18)23(15)30(31,32)33)25(38)20(13)27(40)29(16)17(12-42-29)22(26(24)39)28(34)41/h11,13,16-18,20,22,24,35,37H,3-10,12H2,1-2H3,(H2,34,41). The molecule has 8 unspecified atom stereocenters. The number of benzene rings is 1. The van der Waals surface area contributed by atoms with Crippen LogP contribution >= 0.6 is 0 Å². The van der Waals surface area contributed by atoms with E-state index in [-0.39, 0.29) is 30.6 Å². The van der Waals surface area contributed by atoms with Crippen LogP contribution in [0.15, 0.2) is 6.07 Å². The van der Waals surface area contributed by atoms with Gasteiger partial charge in [-0.05, 0) is 74.8 Å². The number of carbonyl (C=O) groups is 4. The van der Waals surface area contributed by atoms with Crippen LogP contribution in [0, 0.1) is 29.6 Å². The summed E-state index contributed by atoms with van der Waals surface area (Å²) in [6, 6.07) is -0.512. The number of phenols is 1. The number of phenolic OH excluding ortho intramolecular Hbond substituents is 1. The first-order chi connectivity index (χ1) is 19.9. The van der Waals surface area contributed by atoms with Gasteiger partial charge in [-0.25, -0.2) is 0 Å². The number of amides is 1. The zero-order chi connectivity index (χ0) is 30.3. The molecule has 8 atom stereocenters. The van der Waals surface area contributed by atoms with Crippen molar-refractivity contribution < 1.29 is 42.2 Å². The molecule has 0 bridgehead atoms. The number of carbonyl (C=O) groups excluding carboxylic acids is 4. The van der Waals surface area contributed by atoms with E-state index >= 15 is 0 Å². The van der Waals surface area contributed by atoms with Crippen molar-refractivity contribution in [3.63, 3.8) is 0 Å². The number of ether oxygens (including phenoxy) is 1. The molecule has 2 heterocycles. The molecule has 2 saturated heterocycles. The molecular formula is C30H36F3N3O6. The SMILES string of the molecule is CCCN(CC)C1C(=O)C(C(N)=O)C2COC23C(=O)C2C(=O)c4c(O)cc(C5CCCN5)c(C(F)(F)F)c4CC2CC13. The smallest absolute Gasteiger partial charge is 0.417 e. The molecule has 6 rings (SSSR count). The summed E-state index contributed by atoms with van der Waals surface area (Å²) in [6.45, 7) is 5.19. The van der Waals surface area contributed by atoms with E-state index in [1.807, 2.05) is 18.7 Å². The van der Waals surface area contributed by atoms with Crippen LogP contribution < -0.4 is 11.1 Å². The minimum Gasteiger partial charge on any atom is -0.507 e. The van der Waals surface area contributed by atoms with Gasteiger partial charge in [-0.15, -0.1) is 0 Å². The van der Waals surface area contributed by atoms with Crippen molar-refractivity contribution in [2.45, 2.75) is 69.8 Å². The first kappa shape index (κ1) is 29.3. The monoisotopic (exact) mass is 591 g/mol. The Morgan fingerprint density at radius 2 is 1.98 bits per heavy atom. The van der Waals surface area contributed by atoms with Crippen LogP contribution in [0.25, 0.3) is 0 Å². The minimum absolute atomic E-state index is 0.0579. The molecule has 1 amide bonds. The van der Waals surface area contributed by atoms with Gasteiger partial charge in [0.1, 0.15) is 17.3 Å². The molecule has 2 aliphatic heterocycles. The molecule has 4 N–H and O–H groups in total. The third kappa shape index (κ3) is 3.93. The normalized spacial score (nSPS) is 35.8. The molecule has 0 radical (unpaired) electrons. The molecule has 228 valence electrons. The lowest BCUT2D eigenvalue weighted by Crippen LogP contribution is -2.79. The summed E-state index contributed by atoms with van der Waals surface area (Å²) >= 11 is 0. The van der Waals surface area contributed by atoms with Crippen molar-refractivity contribution in [1.82, 2.24) is 10.2 Å². The van der Waals surface area contributed by atoms with Crippen molar-refractivity contribution >= 4 is 23.3 Å². The van der Waals surface area contributed by atoms with Crippen LogP contribution in [-0.4, -0.2) is 71.1 Å². The second-order valence-corrected chi connectivity index (χ2v) is 12.4. The lowest BCUT2D eigenvalue weighted by molar-refractivity contribution is -0.267. The summed E-state index contributed by atoms with van der Waals surface area (Å²) in [5, 5.41) is 14.0. The molecule has 12 heteroatoms. The lowest BCUT2D eigenvalue weighted by Gasteiger charge is -2.64. The summed E-state index contributed by atoms with van der Waals surface area (Å²) < 4.78 is 50.1. The van der Waals surface area contributed by atoms with E-state index in [4.69, 9.17) is 10.5 Å². The van der Waals surface area contributed by atoms with Gasteiger partial charge in [-0.2, -0.15) is 13.2 Å². The van der Waals surface area contributed by atoms with Gasteiger partial charge in [-0.1, -0.05) is 13.8 Å². The Bertz CT molecular complexity index is 1360. The fraction of sp³-hybridized carbons (Fsp3) is 0.667. The second kappa shape index (κ2) is 10.1. The van der Waals surface area contributed by atoms with Crippen molar-refractivity contribution in [1.29, 1.82) is 0 Å². The number of ketones is 3. The van der Waals surface area contributed by atoms with Crippen molar-refractivity contribution in [2.24, 2.45) is 35.3 Å². The van der Waals surface area contributed by atoms with Gasteiger partial charge in [0.25, 0.3) is 0 Å². The number of alkyl halides is 3. The molecule has 5 aliphatic rings. The van der Waals surface area contributed by atoms with Gasteiger partial charge >= 0.3 is 6.18 Å². The molecule has 1 spiro atoms. The van der Waals surface area contributed by atoms with E-state index in [9.17, 15) is 37.5 Å². The molecule has 0 aromatic heterocycles. The predicted octanol–water partition coefficient (Wildman–Crippen LogP) is 2.57. The molecular weight excluding hydrogens is 555 g/mol. The van der Waals surface area contributed by atoms with Crippen LogP contribution in [0.3, 0.4) is 0 Å². The zero-order valence-electron chi connectivity index (χ0n) is 23.6. The van der Waals surface area contributed by atoms with Crippen LogP contribution in [0.4, 0.5) is 13.2 Å². The summed E-state index contributed by atoms with van der Waals surface area (Å²) in [5.41, 5.74) is 2.28.